The van der Waals surface area contributed by atoms with E-state index < -0.39 is 5.82 Å². The fraction of sp³-hybridized carbons (Fsp3) is 0.267. The zero-order valence-corrected chi connectivity index (χ0v) is 21.0. The van der Waals surface area contributed by atoms with Gasteiger partial charge in [0.05, 0.1) is 30.3 Å². The van der Waals surface area contributed by atoms with Crippen molar-refractivity contribution in [3.05, 3.63) is 88.5 Å². The quantitative estimate of drug-likeness (QED) is 0.288. The summed E-state index contributed by atoms with van der Waals surface area (Å²) in [5, 5.41) is 12.2. The molecule has 2 atom stereocenters. The number of hydrogen-bond donors (Lipinski definition) is 1. The van der Waals surface area contributed by atoms with Gasteiger partial charge in [-0.3, -0.25) is 10.2 Å². The number of nitriles is 1. The highest BCUT2D eigenvalue weighted by atomic mass is 19.1. The number of rotatable bonds is 3. The average Bonchev–Trinajstić information content (AvgIpc) is 3.47. The summed E-state index contributed by atoms with van der Waals surface area (Å²) in [7, 11) is 0. The molecule has 1 aromatic heterocycles. The van der Waals surface area contributed by atoms with E-state index in [0.29, 0.717) is 34.4 Å². The first-order chi connectivity index (χ1) is 19.1. The molecule has 0 radical (unpaired) electrons. The van der Waals surface area contributed by atoms with Gasteiger partial charge in [-0.2, -0.15) is 5.26 Å². The van der Waals surface area contributed by atoms with E-state index >= 15 is 0 Å². The molecule has 3 aliphatic heterocycles. The van der Waals surface area contributed by atoms with Crippen molar-refractivity contribution < 1.29 is 18.3 Å². The predicted octanol–water partition coefficient (Wildman–Crippen LogP) is 5.33. The first-order valence-corrected chi connectivity index (χ1v) is 13.0. The summed E-state index contributed by atoms with van der Waals surface area (Å²) >= 11 is 0. The predicted molar refractivity (Wildman–Crippen MR) is 143 cm³/mol. The Bertz CT molecular complexity index is 1660. The molecule has 0 spiro atoms. The van der Waals surface area contributed by atoms with Gasteiger partial charge in [-0.05, 0) is 59.5 Å². The Labute approximate surface area is 223 Å². The molecule has 0 unspecified atom stereocenters. The summed E-state index contributed by atoms with van der Waals surface area (Å²) in [4.78, 5) is 7.21. The fourth-order valence-electron chi connectivity index (χ4n) is 6.12. The molecule has 196 valence electrons. The Hall–Kier alpha value is -4.26. The first kappa shape index (κ1) is 23.8. The van der Waals surface area contributed by atoms with Gasteiger partial charge in [0.1, 0.15) is 24.0 Å². The number of halogens is 2. The number of imidazole rings is 1. The van der Waals surface area contributed by atoms with E-state index in [2.05, 4.69) is 14.8 Å². The summed E-state index contributed by atoms with van der Waals surface area (Å²) in [5.74, 6) is 0.0913. The Morgan fingerprint density at radius 2 is 2.00 bits per heavy atom. The number of nitrogens with zero attached hydrogens (tertiary/aromatic N) is 4. The van der Waals surface area contributed by atoms with Crippen molar-refractivity contribution in [2.45, 2.75) is 25.1 Å². The number of aromatic nitrogens is 2. The van der Waals surface area contributed by atoms with Gasteiger partial charge in [-0.25, -0.2) is 13.8 Å². The zero-order valence-electron chi connectivity index (χ0n) is 21.0. The van der Waals surface area contributed by atoms with Crippen LogP contribution in [0.1, 0.15) is 34.7 Å². The molecule has 4 aromatic rings. The van der Waals surface area contributed by atoms with Gasteiger partial charge in [0, 0.05) is 36.3 Å². The molecular formula is C30H25F2N5O2. The summed E-state index contributed by atoms with van der Waals surface area (Å²) in [6.45, 7) is 3.25. The van der Waals surface area contributed by atoms with E-state index in [1.54, 1.807) is 12.1 Å². The molecular weight excluding hydrogens is 500 g/mol. The minimum Gasteiger partial charge on any atom is -0.488 e. The number of nitrogens with one attached hydrogen (secondary N) is 1. The smallest absolute Gasteiger partial charge is 0.217 e. The van der Waals surface area contributed by atoms with E-state index in [1.807, 2.05) is 36.5 Å². The van der Waals surface area contributed by atoms with Gasteiger partial charge in [0.15, 0.2) is 6.19 Å². The second-order valence-electron chi connectivity index (χ2n) is 10.2. The minimum atomic E-state index is -0.418. The van der Waals surface area contributed by atoms with Crippen molar-refractivity contribution in [2.75, 3.05) is 31.6 Å². The van der Waals surface area contributed by atoms with Gasteiger partial charge < -0.3 is 14.0 Å². The fourth-order valence-corrected chi connectivity index (χ4v) is 6.12. The lowest BCUT2D eigenvalue weighted by Gasteiger charge is -2.28. The van der Waals surface area contributed by atoms with Gasteiger partial charge in [-0.1, -0.05) is 18.2 Å². The Balaban J connectivity index is 1.34. The van der Waals surface area contributed by atoms with Crippen molar-refractivity contribution in [1.82, 2.24) is 14.5 Å². The summed E-state index contributed by atoms with van der Waals surface area (Å²) < 4.78 is 42.5. The van der Waals surface area contributed by atoms with Crippen molar-refractivity contribution in [2.24, 2.45) is 0 Å². The largest absolute Gasteiger partial charge is 0.488 e. The molecule has 4 heterocycles. The zero-order chi connectivity index (χ0) is 26.5. The molecule has 0 saturated carbocycles. The summed E-state index contributed by atoms with van der Waals surface area (Å²) in [5.41, 5.74) is 5.05. The third kappa shape index (κ3) is 4.13. The molecule has 0 bridgehead atoms. The van der Waals surface area contributed by atoms with E-state index in [1.165, 1.54) is 18.2 Å². The lowest BCUT2D eigenvalue weighted by atomic mass is 9.92. The van der Waals surface area contributed by atoms with Crippen LogP contribution in [0.25, 0.3) is 22.7 Å². The van der Waals surface area contributed by atoms with Crippen LogP contribution >= 0.6 is 0 Å². The number of ether oxygens (including phenoxy) is 2. The maximum atomic E-state index is 14.8. The molecule has 2 fully saturated rings. The standard InChI is InChI=1S/C30H25F2N5O2/c31-19-5-6-23-24(22-2-1-3-26(32)25(22)16-39-29(23)12-19)10-18-4-7-28-27(11-18)35-30(34-17-33)37(28)20-13-21-15-38-9-8-36(21)14-20/h1-7,10-12,20-21H,8-9,13-16H2,(H,34,35)/t20-,21-/m0/s1. The van der Waals surface area contributed by atoms with E-state index in [4.69, 9.17) is 14.5 Å². The van der Waals surface area contributed by atoms with E-state index in [-0.39, 0.29) is 18.5 Å². The monoisotopic (exact) mass is 525 g/mol. The second kappa shape index (κ2) is 9.49. The topological polar surface area (TPSA) is 75.3 Å². The van der Waals surface area contributed by atoms with Crippen LogP contribution in [0.2, 0.25) is 0 Å². The van der Waals surface area contributed by atoms with E-state index in [0.717, 1.165) is 54.9 Å². The molecule has 39 heavy (non-hydrogen) atoms. The average molecular weight is 526 g/mol. The van der Waals surface area contributed by atoms with Crippen LogP contribution < -0.4 is 10.1 Å². The van der Waals surface area contributed by atoms with Crippen LogP contribution in [0.4, 0.5) is 14.7 Å². The summed E-state index contributed by atoms with van der Waals surface area (Å²) in [6, 6.07) is 15.8. The van der Waals surface area contributed by atoms with Crippen LogP contribution in [0, 0.1) is 23.1 Å². The Morgan fingerprint density at radius 1 is 1.08 bits per heavy atom. The van der Waals surface area contributed by atoms with Crippen molar-refractivity contribution in [3.8, 4) is 11.9 Å². The van der Waals surface area contributed by atoms with Crippen LogP contribution in [-0.4, -0.2) is 46.8 Å². The number of hydrogen-bond acceptors (Lipinski definition) is 6. The van der Waals surface area contributed by atoms with Crippen molar-refractivity contribution in [1.29, 1.82) is 5.26 Å². The molecule has 7 rings (SSSR count). The highest BCUT2D eigenvalue weighted by Gasteiger charge is 2.36. The Kier molecular flexibility index (Phi) is 5.80. The molecule has 2 saturated heterocycles. The molecule has 0 aliphatic carbocycles. The highest BCUT2D eigenvalue weighted by molar-refractivity contribution is 5.96. The van der Waals surface area contributed by atoms with Gasteiger partial charge in [0.25, 0.3) is 0 Å². The molecule has 9 heteroatoms. The lowest BCUT2D eigenvalue weighted by molar-refractivity contribution is 0.0128. The second-order valence-corrected chi connectivity index (χ2v) is 10.2. The van der Waals surface area contributed by atoms with Crippen LogP contribution in [-0.2, 0) is 11.3 Å². The molecule has 0 amide bonds. The van der Waals surface area contributed by atoms with Crippen molar-refractivity contribution >= 4 is 28.6 Å². The third-order valence-corrected chi connectivity index (χ3v) is 7.91. The van der Waals surface area contributed by atoms with Crippen LogP contribution in [0.3, 0.4) is 0 Å². The number of fused-ring (bicyclic) bond motifs is 4. The van der Waals surface area contributed by atoms with Gasteiger partial charge in [-0.15, -0.1) is 0 Å². The lowest BCUT2D eigenvalue weighted by Crippen LogP contribution is -2.40. The van der Waals surface area contributed by atoms with Gasteiger partial charge >= 0.3 is 0 Å². The molecule has 1 N–H and O–H groups in total. The summed E-state index contributed by atoms with van der Waals surface area (Å²) in [6.07, 6.45) is 4.90. The first-order valence-electron chi connectivity index (χ1n) is 13.0. The maximum Gasteiger partial charge on any atom is 0.217 e. The molecule has 7 nitrogen and oxygen atoms in total. The maximum absolute atomic E-state index is 14.8. The van der Waals surface area contributed by atoms with Gasteiger partial charge in [0.2, 0.25) is 5.95 Å². The SMILES string of the molecule is N#CNc1nc2cc(C=C3c4ccc(F)cc4OCc4c(F)cccc43)ccc2n1[C@H]1C[C@H]2COCCN2C1. The highest BCUT2D eigenvalue weighted by Crippen LogP contribution is 2.40. The number of benzene rings is 3. The van der Waals surface area contributed by atoms with Crippen LogP contribution in [0.5, 0.6) is 5.75 Å². The molecule has 3 aliphatic rings. The van der Waals surface area contributed by atoms with Crippen molar-refractivity contribution in [3.63, 3.8) is 0 Å². The van der Waals surface area contributed by atoms with E-state index in [9.17, 15) is 14.0 Å². The number of morpholine rings is 1. The third-order valence-electron chi connectivity index (χ3n) is 7.91. The number of anilines is 1. The van der Waals surface area contributed by atoms with Crippen LogP contribution in [0.15, 0.2) is 54.6 Å². The Morgan fingerprint density at radius 3 is 2.87 bits per heavy atom. The normalized spacial score (nSPS) is 21.5. The minimum absolute atomic E-state index is 0.00682. The molecule has 3 aromatic carbocycles.